The van der Waals surface area contributed by atoms with Crippen LogP contribution in [0, 0.1) is 0 Å². The van der Waals surface area contributed by atoms with Crippen LogP contribution in [0.15, 0.2) is 60.7 Å². The SMILES string of the molecule is O=C(NO)c1ccc2nc(-c3ccc4ccccc4c3)sc2c1. The molecule has 0 unspecified atom stereocenters. The van der Waals surface area contributed by atoms with Gasteiger partial charge in [0.2, 0.25) is 0 Å². The average molecular weight is 320 g/mol. The van der Waals surface area contributed by atoms with Crippen molar-refractivity contribution in [1.82, 2.24) is 10.5 Å². The molecule has 0 fully saturated rings. The second kappa shape index (κ2) is 5.46. The Labute approximate surface area is 136 Å². The third-order valence-electron chi connectivity index (χ3n) is 3.75. The third-order valence-corrected chi connectivity index (χ3v) is 4.82. The highest BCUT2D eigenvalue weighted by Crippen LogP contribution is 2.32. The normalized spacial score (nSPS) is 11.0. The van der Waals surface area contributed by atoms with E-state index in [9.17, 15) is 4.79 Å². The maximum Gasteiger partial charge on any atom is 0.274 e. The van der Waals surface area contributed by atoms with Crippen LogP contribution in [0.4, 0.5) is 0 Å². The highest BCUT2D eigenvalue weighted by atomic mass is 32.1. The number of fused-ring (bicyclic) bond motifs is 2. The Balaban J connectivity index is 1.82. The van der Waals surface area contributed by atoms with Gasteiger partial charge in [0.25, 0.3) is 5.91 Å². The van der Waals surface area contributed by atoms with Gasteiger partial charge >= 0.3 is 0 Å². The fourth-order valence-corrected chi connectivity index (χ4v) is 3.58. The molecule has 0 spiro atoms. The van der Waals surface area contributed by atoms with E-state index in [4.69, 9.17) is 5.21 Å². The van der Waals surface area contributed by atoms with E-state index in [1.165, 1.54) is 22.1 Å². The van der Waals surface area contributed by atoms with Crippen LogP contribution in [-0.2, 0) is 0 Å². The summed E-state index contributed by atoms with van der Waals surface area (Å²) in [7, 11) is 0. The zero-order chi connectivity index (χ0) is 15.8. The Morgan fingerprint density at radius 2 is 1.83 bits per heavy atom. The summed E-state index contributed by atoms with van der Waals surface area (Å²) in [5, 5.41) is 12.0. The summed E-state index contributed by atoms with van der Waals surface area (Å²) in [6, 6.07) is 19.6. The molecule has 1 amide bonds. The maximum atomic E-state index is 11.5. The van der Waals surface area contributed by atoms with E-state index in [1.807, 2.05) is 12.1 Å². The molecule has 0 radical (unpaired) electrons. The molecule has 1 aromatic heterocycles. The minimum absolute atomic E-state index is 0.411. The van der Waals surface area contributed by atoms with Gasteiger partial charge in [-0.15, -0.1) is 11.3 Å². The van der Waals surface area contributed by atoms with Crippen LogP contribution >= 0.6 is 11.3 Å². The van der Waals surface area contributed by atoms with Gasteiger partial charge in [-0.05, 0) is 35.0 Å². The van der Waals surface area contributed by atoms with Gasteiger partial charge in [0.05, 0.1) is 10.2 Å². The van der Waals surface area contributed by atoms with Crippen LogP contribution in [-0.4, -0.2) is 16.1 Å². The summed E-state index contributed by atoms with van der Waals surface area (Å²) in [6.45, 7) is 0. The van der Waals surface area contributed by atoms with E-state index in [0.717, 1.165) is 20.8 Å². The second-order valence-corrected chi connectivity index (χ2v) is 6.24. The molecule has 0 atom stereocenters. The van der Waals surface area contributed by atoms with E-state index in [0.29, 0.717) is 5.56 Å². The van der Waals surface area contributed by atoms with Crippen molar-refractivity contribution in [2.75, 3.05) is 0 Å². The number of nitrogens with zero attached hydrogens (tertiary/aromatic N) is 1. The second-order valence-electron chi connectivity index (χ2n) is 5.20. The number of hydrogen-bond acceptors (Lipinski definition) is 4. The monoisotopic (exact) mass is 320 g/mol. The minimum Gasteiger partial charge on any atom is -0.288 e. The lowest BCUT2D eigenvalue weighted by atomic mass is 10.1. The summed E-state index contributed by atoms with van der Waals surface area (Å²) in [6.07, 6.45) is 0. The van der Waals surface area contributed by atoms with Gasteiger partial charge in [0, 0.05) is 11.1 Å². The maximum absolute atomic E-state index is 11.5. The molecule has 1 heterocycles. The van der Waals surface area contributed by atoms with Gasteiger partial charge in [-0.1, -0.05) is 36.4 Å². The summed E-state index contributed by atoms with van der Waals surface area (Å²) < 4.78 is 0.911. The molecule has 4 rings (SSSR count). The Morgan fingerprint density at radius 3 is 2.65 bits per heavy atom. The molecule has 0 saturated carbocycles. The van der Waals surface area contributed by atoms with Gasteiger partial charge < -0.3 is 0 Å². The average Bonchev–Trinajstić information content (AvgIpc) is 3.03. The quantitative estimate of drug-likeness (QED) is 0.429. The van der Waals surface area contributed by atoms with Gasteiger partial charge in [0.1, 0.15) is 5.01 Å². The fraction of sp³-hybridized carbons (Fsp3) is 0. The van der Waals surface area contributed by atoms with E-state index in [2.05, 4.69) is 35.3 Å². The van der Waals surface area contributed by atoms with Crippen molar-refractivity contribution in [2.24, 2.45) is 0 Å². The van der Waals surface area contributed by atoms with Crippen molar-refractivity contribution in [3.8, 4) is 10.6 Å². The van der Waals surface area contributed by atoms with Crippen LogP contribution in [0.25, 0.3) is 31.6 Å². The standard InChI is InChI=1S/C18H12N2O2S/c21-17(20-22)13-7-8-15-16(10-13)23-18(19-15)14-6-5-11-3-1-2-4-12(11)9-14/h1-10,22H,(H,20,21). The van der Waals surface area contributed by atoms with Gasteiger partial charge in [0.15, 0.2) is 0 Å². The molecule has 0 aliphatic carbocycles. The number of carbonyl (C=O) groups is 1. The third kappa shape index (κ3) is 2.46. The summed E-state index contributed by atoms with van der Waals surface area (Å²) in [5.74, 6) is -0.521. The minimum atomic E-state index is -0.521. The first-order chi connectivity index (χ1) is 11.2. The van der Waals surface area contributed by atoms with Crippen LogP contribution in [0.3, 0.4) is 0 Å². The van der Waals surface area contributed by atoms with E-state index in [1.54, 1.807) is 23.7 Å². The summed E-state index contributed by atoms with van der Waals surface area (Å²) in [4.78, 5) is 16.1. The van der Waals surface area contributed by atoms with Crippen LogP contribution < -0.4 is 5.48 Å². The largest absolute Gasteiger partial charge is 0.288 e. The number of rotatable bonds is 2. The van der Waals surface area contributed by atoms with Crippen LogP contribution in [0.1, 0.15) is 10.4 Å². The van der Waals surface area contributed by atoms with Crippen LogP contribution in [0.2, 0.25) is 0 Å². The molecule has 5 heteroatoms. The Morgan fingerprint density at radius 1 is 1.00 bits per heavy atom. The van der Waals surface area contributed by atoms with Crippen molar-refractivity contribution in [3.05, 3.63) is 66.2 Å². The summed E-state index contributed by atoms with van der Waals surface area (Å²) >= 11 is 1.53. The molecule has 0 aliphatic heterocycles. The topological polar surface area (TPSA) is 62.2 Å². The Bertz CT molecular complexity index is 1040. The molecule has 2 N–H and O–H groups in total. The van der Waals surface area contributed by atoms with Crippen molar-refractivity contribution < 1.29 is 10.0 Å². The predicted octanol–water partition coefficient (Wildman–Crippen LogP) is 4.24. The molecule has 112 valence electrons. The van der Waals surface area contributed by atoms with Gasteiger partial charge in [-0.25, -0.2) is 10.5 Å². The molecule has 4 aromatic rings. The number of amides is 1. The van der Waals surface area contributed by atoms with Crippen LogP contribution in [0.5, 0.6) is 0 Å². The fourth-order valence-electron chi connectivity index (χ4n) is 2.58. The molecule has 23 heavy (non-hydrogen) atoms. The first kappa shape index (κ1) is 13.9. The highest BCUT2D eigenvalue weighted by molar-refractivity contribution is 7.21. The predicted molar refractivity (Wildman–Crippen MR) is 91.8 cm³/mol. The molecule has 4 nitrogen and oxygen atoms in total. The number of carbonyl (C=O) groups excluding carboxylic acids is 1. The number of nitrogens with one attached hydrogen (secondary N) is 1. The molecule has 3 aromatic carbocycles. The molecular formula is C18H12N2O2S. The van der Waals surface area contributed by atoms with Crippen molar-refractivity contribution >= 4 is 38.2 Å². The smallest absolute Gasteiger partial charge is 0.274 e. The first-order valence-corrected chi connectivity index (χ1v) is 7.90. The lowest BCUT2D eigenvalue weighted by molar-refractivity contribution is 0.0706. The lowest BCUT2D eigenvalue weighted by Gasteiger charge is -2.00. The molecule has 0 aliphatic rings. The van der Waals surface area contributed by atoms with Crippen molar-refractivity contribution in [2.45, 2.75) is 0 Å². The number of hydroxylamine groups is 1. The number of benzene rings is 3. The van der Waals surface area contributed by atoms with Crippen molar-refractivity contribution in [1.29, 1.82) is 0 Å². The lowest BCUT2D eigenvalue weighted by Crippen LogP contribution is -2.18. The Hall–Kier alpha value is -2.76. The zero-order valence-corrected chi connectivity index (χ0v) is 12.8. The Kier molecular flexibility index (Phi) is 3.29. The van der Waals surface area contributed by atoms with Gasteiger partial charge in [-0.2, -0.15) is 0 Å². The number of thiazole rings is 1. The summed E-state index contributed by atoms with van der Waals surface area (Å²) in [5.41, 5.74) is 3.95. The van der Waals surface area contributed by atoms with Crippen molar-refractivity contribution in [3.63, 3.8) is 0 Å². The first-order valence-electron chi connectivity index (χ1n) is 7.09. The number of aromatic nitrogens is 1. The van der Waals surface area contributed by atoms with Gasteiger partial charge in [-0.3, -0.25) is 10.0 Å². The molecular weight excluding hydrogens is 308 g/mol. The number of hydrogen-bond donors (Lipinski definition) is 2. The molecule has 0 saturated heterocycles. The van der Waals surface area contributed by atoms with E-state index in [-0.39, 0.29) is 0 Å². The zero-order valence-electron chi connectivity index (χ0n) is 12.0. The van der Waals surface area contributed by atoms with E-state index >= 15 is 0 Å². The molecule has 0 bridgehead atoms. The van der Waals surface area contributed by atoms with E-state index < -0.39 is 5.91 Å². The highest BCUT2D eigenvalue weighted by Gasteiger charge is 2.10.